The minimum absolute atomic E-state index is 0.0459. The number of nitrogens with zero attached hydrogens (tertiary/aromatic N) is 1. The number of nitro benzene ring substituents is 1. The molecule has 0 spiro atoms. The predicted molar refractivity (Wildman–Crippen MR) is 104 cm³/mol. The van der Waals surface area contributed by atoms with Gasteiger partial charge in [-0.3, -0.25) is 10.1 Å². The number of nitro groups is 1. The van der Waals surface area contributed by atoms with E-state index in [1.807, 2.05) is 18.2 Å². The lowest BCUT2D eigenvalue weighted by molar-refractivity contribution is -0.385. The first-order valence-corrected chi connectivity index (χ1v) is 8.46. The SMILES string of the molecule is COc1ccc([N+](=O)[O-])cc1COc1ccc2c(c1)oc(=O)c1ccccc12. The van der Waals surface area contributed by atoms with Crippen molar-refractivity contribution >= 4 is 27.4 Å². The lowest BCUT2D eigenvalue weighted by atomic mass is 10.1. The summed E-state index contributed by atoms with van der Waals surface area (Å²) in [5.74, 6) is 0.961. The average molecular weight is 377 g/mol. The second kappa shape index (κ2) is 7.03. The third kappa shape index (κ3) is 3.14. The number of hydrogen-bond acceptors (Lipinski definition) is 6. The minimum atomic E-state index is -0.473. The highest BCUT2D eigenvalue weighted by atomic mass is 16.6. The van der Waals surface area contributed by atoms with Gasteiger partial charge in [0, 0.05) is 29.1 Å². The molecule has 0 unspecified atom stereocenters. The Labute approximate surface area is 158 Å². The minimum Gasteiger partial charge on any atom is -0.496 e. The summed E-state index contributed by atoms with van der Waals surface area (Å²) in [7, 11) is 1.49. The molecule has 4 rings (SSSR count). The lowest BCUT2D eigenvalue weighted by Gasteiger charge is -2.11. The fourth-order valence-electron chi connectivity index (χ4n) is 3.10. The van der Waals surface area contributed by atoms with Crippen LogP contribution in [0.4, 0.5) is 5.69 Å². The Morgan fingerprint density at radius 1 is 1.00 bits per heavy atom. The molecule has 0 fully saturated rings. The molecule has 0 bridgehead atoms. The highest BCUT2D eigenvalue weighted by Gasteiger charge is 2.13. The van der Waals surface area contributed by atoms with Crippen LogP contribution in [0.15, 0.2) is 69.9 Å². The molecule has 0 saturated heterocycles. The number of methoxy groups -OCH3 is 1. The second-order valence-corrected chi connectivity index (χ2v) is 6.14. The van der Waals surface area contributed by atoms with E-state index in [0.29, 0.717) is 28.0 Å². The van der Waals surface area contributed by atoms with E-state index in [1.54, 1.807) is 24.3 Å². The van der Waals surface area contributed by atoms with Crippen molar-refractivity contribution in [1.29, 1.82) is 0 Å². The van der Waals surface area contributed by atoms with E-state index in [2.05, 4.69) is 0 Å². The molecule has 140 valence electrons. The Kier molecular flexibility index (Phi) is 4.41. The van der Waals surface area contributed by atoms with Crippen molar-refractivity contribution < 1.29 is 18.8 Å². The normalized spacial score (nSPS) is 10.9. The van der Waals surface area contributed by atoms with Gasteiger partial charge in [0.05, 0.1) is 17.4 Å². The summed E-state index contributed by atoms with van der Waals surface area (Å²) in [5.41, 5.74) is 0.486. The molecule has 0 amide bonds. The van der Waals surface area contributed by atoms with E-state index in [9.17, 15) is 14.9 Å². The summed E-state index contributed by atoms with van der Waals surface area (Å²) in [6, 6.07) is 16.8. The van der Waals surface area contributed by atoms with Gasteiger partial charge in [-0.15, -0.1) is 0 Å². The van der Waals surface area contributed by atoms with Gasteiger partial charge in [0.15, 0.2) is 0 Å². The summed E-state index contributed by atoms with van der Waals surface area (Å²) < 4.78 is 16.4. The first-order chi connectivity index (χ1) is 13.6. The number of benzene rings is 3. The van der Waals surface area contributed by atoms with E-state index in [4.69, 9.17) is 13.9 Å². The van der Waals surface area contributed by atoms with Crippen LogP contribution in [0.25, 0.3) is 21.7 Å². The maximum atomic E-state index is 12.2. The molecule has 0 saturated carbocycles. The molecular formula is C21H15NO6. The maximum Gasteiger partial charge on any atom is 0.344 e. The van der Waals surface area contributed by atoms with Crippen LogP contribution < -0.4 is 15.1 Å². The Balaban J connectivity index is 1.68. The molecule has 0 aliphatic rings. The van der Waals surface area contributed by atoms with Crippen molar-refractivity contribution in [2.45, 2.75) is 6.61 Å². The number of fused-ring (bicyclic) bond motifs is 3. The Morgan fingerprint density at radius 2 is 1.79 bits per heavy atom. The van der Waals surface area contributed by atoms with E-state index in [0.717, 1.165) is 10.8 Å². The highest BCUT2D eigenvalue weighted by Crippen LogP contribution is 2.28. The van der Waals surface area contributed by atoms with E-state index < -0.39 is 10.5 Å². The Morgan fingerprint density at radius 3 is 2.54 bits per heavy atom. The van der Waals surface area contributed by atoms with Crippen LogP contribution in [-0.4, -0.2) is 12.0 Å². The van der Waals surface area contributed by atoms with Crippen LogP contribution in [0.2, 0.25) is 0 Å². The van der Waals surface area contributed by atoms with Gasteiger partial charge in [0.25, 0.3) is 5.69 Å². The van der Waals surface area contributed by atoms with Gasteiger partial charge in [-0.25, -0.2) is 4.79 Å². The van der Waals surface area contributed by atoms with Gasteiger partial charge >= 0.3 is 5.63 Å². The summed E-state index contributed by atoms with van der Waals surface area (Å²) in [4.78, 5) is 22.7. The van der Waals surface area contributed by atoms with Gasteiger partial charge in [-0.1, -0.05) is 18.2 Å². The fourth-order valence-corrected chi connectivity index (χ4v) is 3.10. The van der Waals surface area contributed by atoms with Crippen molar-refractivity contribution in [3.8, 4) is 11.5 Å². The van der Waals surface area contributed by atoms with E-state index in [1.165, 1.54) is 25.3 Å². The van der Waals surface area contributed by atoms with Crippen LogP contribution in [0, 0.1) is 10.1 Å². The van der Waals surface area contributed by atoms with Gasteiger partial charge in [-0.05, 0) is 29.7 Å². The van der Waals surface area contributed by atoms with Crippen molar-refractivity contribution in [2.24, 2.45) is 0 Å². The van der Waals surface area contributed by atoms with Gasteiger partial charge in [0.2, 0.25) is 0 Å². The number of non-ortho nitro benzene ring substituents is 1. The molecule has 7 nitrogen and oxygen atoms in total. The van der Waals surface area contributed by atoms with Crippen molar-refractivity contribution in [3.05, 3.63) is 86.8 Å². The van der Waals surface area contributed by atoms with Crippen molar-refractivity contribution in [3.63, 3.8) is 0 Å². The summed E-state index contributed by atoms with van der Waals surface area (Å²) in [6.07, 6.45) is 0. The summed E-state index contributed by atoms with van der Waals surface area (Å²) in [6.45, 7) is 0.0637. The zero-order valence-electron chi connectivity index (χ0n) is 14.9. The average Bonchev–Trinajstić information content (AvgIpc) is 2.72. The number of ether oxygens (including phenoxy) is 2. The third-order valence-corrected chi connectivity index (χ3v) is 4.46. The second-order valence-electron chi connectivity index (χ2n) is 6.14. The molecule has 0 radical (unpaired) electrons. The molecule has 0 aliphatic carbocycles. The molecule has 0 atom stereocenters. The van der Waals surface area contributed by atoms with E-state index >= 15 is 0 Å². The molecular weight excluding hydrogens is 362 g/mol. The number of hydrogen-bond donors (Lipinski definition) is 0. The zero-order valence-corrected chi connectivity index (χ0v) is 14.9. The lowest BCUT2D eigenvalue weighted by Crippen LogP contribution is -2.01. The highest BCUT2D eigenvalue weighted by molar-refractivity contribution is 6.04. The molecule has 4 aromatic rings. The van der Waals surface area contributed by atoms with Crippen LogP contribution in [0.3, 0.4) is 0 Å². The molecule has 0 aliphatic heterocycles. The van der Waals surface area contributed by atoms with Gasteiger partial charge in [0.1, 0.15) is 23.7 Å². The van der Waals surface area contributed by atoms with Gasteiger partial charge in [-0.2, -0.15) is 0 Å². The molecule has 0 N–H and O–H groups in total. The molecule has 7 heteroatoms. The standard InChI is InChI=1S/C21H15NO6/c1-26-19-9-6-14(22(24)25)10-13(19)12-27-15-7-8-17-16-4-2-3-5-18(16)21(23)28-20(17)11-15/h2-11H,12H2,1H3. The third-order valence-electron chi connectivity index (χ3n) is 4.46. The van der Waals surface area contributed by atoms with Gasteiger partial charge < -0.3 is 13.9 Å². The molecule has 3 aromatic carbocycles. The monoisotopic (exact) mass is 377 g/mol. The predicted octanol–water partition coefficient (Wildman–Crippen LogP) is 4.44. The summed E-state index contributed by atoms with van der Waals surface area (Å²) >= 11 is 0. The van der Waals surface area contributed by atoms with Crippen LogP contribution >= 0.6 is 0 Å². The maximum absolute atomic E-state index is 12.2. The Bertz CT molecular complexity index is 1260. The van der Waals surface area contributed by atoms with E-state index in [-0.39, 0.29) is 12.3 Å². The largest absolute Gasteiger partial charge is 0.496 e. The summed E-state index contributed by atoms with van der Waals surface area (Å²) in [5, 5.41) is 13.1. The topological polar surface area (TPSA) is 91.8 Å². The first-order valence-electron chi connectivity index (χ1n) is 8.46. The first kappa shape index (κ1) is 17.5. The van der Waals surface area contributed by atoms with Crippen LogP contribution in [0.1, 0.15) is 5.56 Å². The quantitative estimate of drug-likeness (QED) is 0.221. The molecule has 1 aromatic heterocycles. The zero-order chi connectivity index (χ0) is 19.7. The van der Waals surface area contributed by atoms with Crippen LogP contribution in [-0.2, 0) is 6.61 Å². The number of rotatable bonds is 5. The fraction of sp³-hybridized carbons (Fsp3) is 0.0952. The molecule has 28 heavy (non-hydrogen) atoms. The van der Waals surface area contributed by atoms with Crippen molar-refractivity contribution in [2.75, 3.05) is 7.11 Å². The van der Waals surface area contributed by atoms with Crippen LogP contribution in [0.5, 0.6) is 11.5 Å². The Hall–Kier alpha value is -3.87. The van der Waals surface area contributed by atoms with Crippen molar-refractivity contribution in [1.82, 2.24) is 0 Å². The molecule has 1 heterocycles. The smallest absolute Gasteiger partial charge is 0.344 e.